The molecule has 2 aromatic carbocycles. The van der Waals surface area contributed by atoms with E-state index < -0.39 is 48.8 Å². The molecule has 0 saturated heterocycles. The smallest absolute Gasteiger partial charge is 0.343 e. The lowest BCUT2D eigenvalue weighted by Gasteiger charge is -2.29. The molecule has 1 amide bonds. The van der Waals surface area contributed by atoms with Gasteiger partial charge < -0.3 is 29.6 Å². The zero-order valence-electron chi connectivity index (χ0n) is 24.0. The third-order valence-electron chi connectivity index (χ3n) is 5.71. The average molecular weight is 582 g/mol. The summed E-state index contributed by atoms with van der Waals surface area (Å²) >= 11 is 0. The topological polar surface area (TPSA) is 175 Å². The van der Waals surface area contributed by atoms with Crippen molar-refractivity contribution in [3.8, 4) is 5.75 Å². The number of ether oxygens (including phenoxy) is 4. The number of amidine groups is 1. The van der Waals surface area contributed by atoms with Crippen LogP contribution in [0.3, 0.4) is 0 Å². The number of hydrogen-bond donors (Lipinski definition) is 2. The molecule has 2 rings (SSSR count). The van der Waals surface area contributed by atoms with Crippen molar-refractivity contribution in [3.63, 3.8) is 0 Å². The minimum atomic E-state index is -1.43. The third kappa shape index (κ3) is 9.88. The minimum Gasteiger partial charge on any atom is -0.466 e. The highest BCUT2D eigenvalue weighted by atomic mass is 16.5. The molecule has 1 atom stereocenters. The van der Waals surface area contributed by atoms with E-state index in [9.17, 15) is 24.0 Å². The van der Waals surface area contributed by atoms with E-state index in [0.717, 1.165) is 4.90 Å². The molecule has 0 aliphatic rings. The third-order valence-corrected chi connectivity index (χ3v) is 5.71. The number of carbonyl (C=O) groups excluding carboxylic acids is 5. The number of carbonyl (C=O) groups is 5. The molecule has 0 saturated carbocycles. The molecule has 0 radical (unpaired) electrons. The van der Waals surface area contributed by atoms with Gasteiger partial charge >= 0.3 is 23.9 Å². The van der Waals surface area contributed by atoms with Gasteiger partial charge in [0, 0.05) is 11.1 Å². The summed E-state index contributed by atoms with van der Waals surface area (Å²) in [6.45, 7) is 5.77. The molecule has 2 aromatic rings. The summed E-state index contributed by atoms with van der Waals surface area (Å²) in [6, 6.07) is 10.9. The van der Waals surface area contributed by atoms with Gasteiger partial charge in [-0.15, -0.1) is 0 Å². The number of nitrogens with zero attached hydrogens (tertiary/aromatic N) is 1. The zero-order chi connectivity index (χ0) is 31.2. The first-order valence-corrected chi connectivity index (χ1v) is 13.2. The predicted octanol–water partition coefficient (Wildman–Crippen LogP) is 2.87. The first-order valence-electron chi connectivity index (χ1n) is 13.2. The van der Waals surface area contributed by atoms with Gasteiger partial charge in [-0.1, -0.05) is 12.1 Å². The molecule has 42 heavy (non-hydrogen) atoms. The number of nitrogen functional groups attached to an aromatic ring is 1. The van der Waals surface area contributed by atoms with Gasteiger partial charge in [-0.3, -0.25) is 19.8 Å². The molecule has 0 heterocycles. The second-order valence-electron chi connectivity index (χ2n) is 8.79. The monoisotopic (exact) mass is 581 g/mol. The van der Waals surface area contributed by atoms with Crippen LogP contribution in [0.2, 0.25) is 0 Å². The Labute approximate surface area is 243 Å². The number of nitrogens with two attached hydrogens (primary N) is 1. The second kappa shape index (κ2) is 16.3. The van der Waals surface area contributed by atoms with Crippen molar-refractivity contribution in [2.24, 2.45) is 5.73 Å². The summed E-state index contributed by atoms with van der Waals surface area (Å²) in [5, 5.41) is 7.43. The Hall–Kier alpha value is -5.00. The summed E-state index contributed by atoms with van der Waals surface area (Å²) in [5.74, 6) is -3.53. The summed E-state index contributed by atoms with van der Waals surface area (Å²) in [4.78, 5) is 64.4. The lowest BCUT2D eigenvalue weighted by molar-refractivity contribution is -0.162. The van der Waals surface area contributed by atoms with E-state index >= 15 is 0 Å². The normalized spacial score (nSPS) is 11.6. The van der Waals surface area contributed by atoms with Gasteiger partial charge in [0.15, 0.2) is 0 Å². The largest absolute Gasteiger partial charge is 0.466 e. The fourth-order valence-corrected chi connectivity index (χ4v) is 3.73. The molecule has 224 valence electrons. The molecule has 0 aliphatic carbocycles. The molecule has 0 unspecified atom stereocenters. The maximum absolute atomic E-state index is 13.5. The van der Waals surface area contributed by atoms with Crippen LogP contribution in [0.4, 0.5) is 0 Å². The van der Waals surface area contributed by atoms with Crippen molar-refractivity contribution >= 4 is 41.7 Å². The van der Waals surface area contributed by atoms with Crippen LogP contribution in [0.1, 0.15) is 55.6 Å². The van der Waals surface area contributed by atoms with E-state index in [0.29, 0.717) is 11.1 Å². The van der Waals surface area contributed by atoms with Gasteiger partial charge in [-0.05, 0) is 75.7 Å². The Kier molecular flexibility index (Phi) is 12.9. The molecular weight excluding hydrogens is 546 g/mol. The maximum Gasteiger partial charge on any atom is 0.343 e. The van der Waals surface area contributed by atoms with Crippen LogP contribution < -0.4 is 10.5 Å². The van der Waals surface area contributed by atoms with Gasteiger partial charge in [0.25, 0.3) is 5.91 Å². The zero-order valence-corrected chi connectivity index (χ0v) is 24.0. The SMILES string of the molecule is CCOC(=O)C[C@H](C(=O)OCC)N(CC(=O)OCC)C(=O)/C(C)=C/c1ccc(C(=O)Oc2ccc(C(=N)N)cc2)cc1. The molecule has 3 N–H and O–H groups in total. The van der Waals surface area contributed by atoms with Crippen molar-refractivity contribution in [2.45, 2.75) is 40.2 Å². The molecule has 12 heteroatoms. The van der Waals surface area contributed by atoms with Crippen LogP contribution >= 0.6 is 0 Å². The van der Waals surface area contributed by atoms with Crippen LogP contribution in [0.5, 0.6) is 5.75 Å². The number of nitrogens with one attached hydrogen (secondary N) is 1. The van der Waals surface area contributed by atoms with Gasteiger partial charge in [0.1, 0.15) is 24.2 Å². The molecule has 0 bridgehead atoms. The van der Waals surface area contributed by atoms with Crippen LogP contribution in [0.15, 0.2) is 54.1 Å². The van der Waals surface area contributed by atoms with E-state index in [1.807, 2.05) is 0 Å². The number of hydrogen-bond acceptors (Lipinski definition) is 10. The van der Waals surface area contributed by atoms with Crippen LogP contribution in [0, 0.1) is 5.41 Å². The van der Waals surface area contributed by atoms with Crippen molar-refractivity contribution in [1.82, 2.24) is 4.90 Å². The van der Waals surface area contributed by atoms with Crippen molar-refractivity contribution < 1.29 is 42.9 Å². The number of esters is 4. The fraction of sp³-hybridized carbons (Fsp3) is 0.333. The first kappa shape index (κ1) is 33.2. The molecule has 0 spiro atoms. The molecule has 0 aliphatic heterocycles. The lowest BCUT2D eigenvalue weighted by atomic mass is 10.1. The standard InChI is InChI=1S/C30H35N3O9/c1-5-39-25(34)17-24(30(38)41-7-3)33(18-26(35)40-6-2)28(36)19(4)16-20-8-10-22(11-9-20)29(37)42-23-14-12-21(13-15-23)27(31)32/h8-16,24H,5-7,17-18H2,1-4H3,(H3,31,32)/b19-16+/t24-/m1/s1. The Bertz CT molecular complexity index is 1320. The fourth-order valence-electron chi connectivity index (χ4n) is 3.73. The Balaban J connectivity index is 2.28. The summed E-state index contributed by atoms with van der Waals surface area (Å²) < 4.78 is 20.4. The summed E-state index contributed by atoms with van der Waals surface area (Å²) in [5.41, 5.74) is 6.84. The molecular formula is C30H35N3O9. The molecule has 0 fully saturated rings. The van der Waals surface area contributed by atoms with Gasteiger partial charge in [0.2, 0.25) is 0 Å². The Morgan fingerprint density at radius 1 is 0.833 bits per heavy atom. The van der Waals surface area contributed by atoms with Crippen LogP contribution in [-0.4, -0.2) is 72.9 Å². The number of benzene rings is 2. The van der Waals surface area contributed by atoms with Crippen molar-refractivity contribution in [2.75, 3.05) is 26.4 Å². The first-order chi connectivity index (χ1) is 20.0. The van der Waals surface area contributed by atoms with Gasteiger partial charge in [0.05, 0.1) is 31.8 Å². The second-order valence-corrected chi connectivity index (χ2v) is 8.79. The predicted molar refractivity (Wildman–Crippen MR) is 153 cm³/mol. The Morgan fingerprint density at radius 2 is 1.38 bits per heavy atom. The highest BCUT2D eigenvalue weighted by Gasteiger charge is 2.35. The number of rotatable bonds is 14. The van der Waals surface area contributed by atoms with E-state index in [2.05, 4.69) is 0 Å². The lowest BCUT2D eigenvalue weighted by Crippen LogP contribution is -2.50. The summed E-state index contributed by atoms with van der Waals surface area (Å²) in [6.07, 6.45) is 0.988. The van der Waals surface area contributed by atoms with Crippen LogP contribution in [-0.2, 0) is 33.4 Å². The average Bonchev–Trinajstić information content (AvgIpc) is 2.95. The quantitative estimate of drug-likeness (QED) is 0.0842. The van der Waals surface area contributed by atoms with E-state index in [-0.39, 0.29) is 42.5 Å². The highest BCUT2D eigenvalue weighted by molar-refractivity contribution is 6.01. The Morgan fingerprint density at radius 3 is 1.93 bits per heavy atom. The minimum absolute atomic E-state index is 0.00702. The van der Waals surface area contributed by atoms with Crippen molar-refractivity contribution in [3.05, 3.63) is 70.8 Å². The molecule has 0 aromatic heterocycles. The van der Waals surface area contributed by atoms with Crippen molar-refractivity contribution in [1.29, 1.82) is 5.41 Å². The van der Waals surface area contributed by atoms with Gasteiger partial charge in [-0.25, -0.2) is 9.59 Å². The molecule has 12 nitrogen and oxygen atoms in total. The summed E-state index contributed by atoms with van der Waals surface area (Å²) in [7, 11) is 0. The van der Waals surface area contributed by atoms with E-state index in [1.54, 1.807) is 45.0 Å². The maximum atomic E-state index is 13.5. The van der Waals surface area contributed by atoms with E-state index in [1.165, 1.54) is 37.3 Å². The van der Waals surface area contributed by atoms with Crippen LogP contribution in [0.25, 0.3) is 6.08 Å². The number of amides is 1. The van der Waals surface area contributed by atoms with Gasteiger partial charge in [-0.2, -0.15) is 0 Å². The van der Waals surface area contributed by atoms with E-state index in [4.69, 9.17) is 30.1 Å². The highest BCUT2D eigenvalue weighted by Crippen LogP contribution is 2.18.